The van der Waals surface area contributed by atoms with Crippen LogP contribution in [0.4, 0.5) is 0 Å². The summed E-state index contributed by atoms with van der Waals surface area (Å²) in [7, 11) is 8.58. The normalized spacial score (nSPS) is 12.4. The molecule has 0 saturated carbocycles. The van der Waals surface area contributed by atoms with Gasteiger partial charge >= 0.3 is 29.8 Å². The number of aromatic nitrogens is 10. The molecule has 788 valence electrons. The van der Waals surface area contributed by atoms with E-state index in [2.05, 4.69) is 160 Å². The van der Waals surface area contributed by atoms with E-state index in [1.807, 2.05) is 128 Å². The van der Waals surface area contributed by atoms with Crippen molar-refractivity contribution in [3.63, 3.8) is 0 Å². The average molecular weight is 2120 g/mol. The number of allylic oxidation sites excluding steroid dienone is 5. The monoisotopic (exact) mass is 2120 g/mol. The highest BCUT2D eigenvalue weighted by atomic mass is 35.5. The van der Waals surface area contributed by atoms with E-state index in [4.69, 9.17) is 105 Å². The van der Waals surface area contributed by atoms with Crippen molar-refractivity contribution in [1.29, 1.82) is 26.3 Å². The Hall–Kier alpha value is -13.9. The van der Waals surface area contributed by atoms with Gasteiger partial charge in [-0.15, -0.1) is 0 Å². The highest BCUT2D eigenvalue weighted by Crippen LogP contribution is 2.42. The van der Waals surface area contributed by atoms with Crippen LogP contribution in [0.15, 0.2) is 121 Å². The fourth-order valence-corrected chi connectivity index (χ4v) is 15.4. The Balaban J connectivity index is 0.000000283. The lowest BCUT2D eigenvalue weighted by molar-refractivity contribution is -0.161. The summed E-state index contributed by atoms with van der Waals surface area (Å²) >= 11 is 32.2. The van der Waals surface area contributed by atoms with E-state index in [9.17, 15) is 50.3 Å². The zero-order valence-corrected chi connectivity index (χ0v) is 94.8. The first-order valence-electron chi connectivity index (χ1n) is 47.7. The molecular weight excluding hydrogens is 1980 g/mol. The lowest BCUT2D eigenvalue weighted by atomic mass is 9.86. The Morgan fingerprint density at radius 3 is 0.669 bits per heavy atom. The molecule has 0 fully saturated rings. The standard InChI is InChI=1S/C24H30ClN3O3.2C23H28ClN3O3.C22H26ClN3O3.C21H24ClN3O3/c1-15-19(25)20(28(8)27-15)21(30-14-31-22(29)24(5,6)7)18(13-26)16-9-11-17(12-10-16)23(2,3)4;1-14(2)22(28)30-13-29-21(20-19(24)15(3)26-27(20)7)18(12-25)16-8-10-17(11-9-16)23(4,5)6;1-7-8-19(28)29-14-30-22(21-20(24)15(2)26-27(21)6)18(13-25)16-9-11-17(12-10-16)23(3,4)5;1-7-18(27)28-13-29-21(20-19(23)14(2)25-26(20)6)17(12-24)15-8-10-16(11-9-15)22(3,4)5;1-13-18(22)19(25(6)24-13)20(28-12-27-14(2)26)17(11-23)15-7-9-16(10-8-15)21(3,4)5/h9-12H,14H2,1-8H3;8-11,14H,13H2,1-7H3;9-12H,7-8,14H2,1-6H3;8-11H,7,13H2,1-6H3;7-10H,12H2,1-6H3/b2*21-18-;22-18-;21-17-;20-17-. The number of carbonyl (C=O) groups excluding carboxylic acids is 5. The summed E-state index contributed by atoms with van der Waals surface area (Å²) in [5, 5.41) is 73.1. The van der Waals surface area contributed by atoms with Crippen LogP contribution in [0.25, 0.3) is 56.7 Å². The first-order valence-corrected chi connectivity index (χ1v) is 49.5. The Morgan fingerprint density at radius 1 is 0.311 bits per heavy atom. The van der Waals surface area contributed by atoms with Crippen molar-refractivity contribution in [3.8, 4) is 30.3 Å². The topological polar surface area (TPSA) is 386 Å². The number of nitrogens with zero attached hydrogens (tertiary/aromatic N) is 15. The van der Waals surface area contributed by atoms with Crippen molar-refractivity contribution in [1.82, 2.24) is 48.9 Å². The molecule has 0 N–H and O–H groups in total. The van der Waals surface area contributed by atoms with Gasteiger partial charge in [0, 0.05) is 55.0 Å². The van der Waals surface area contributed by atoms with Crippen molar-refractivity contribution >= 4 is 145 Å². The maximum absolute atomic E-state index is 12.1. The van der Waals surface area contributed by atoms with Gasteiger partial charge < -0.3 is 47.4 Å². The van der Waals surface area contributed by atoms with E-state index in [1.165, 1.54) is 6.92 Å². The van der Waals surface area contributed by atoms with E-state index < -0.39 is 29.3 Å². The van der Waals surface area contributed by atoms with Crippen LogP contribution in [0.1, 0.15) is 291 Å². The summed E-state index contributed by atoms with van der Waals surface area (Å²) in [5.41, 5.74) is 15.0. The SMILES string of the molecule is CC(=O)OCO/C(=C(/C#N)c1ccc(C(C)(C)C)cc1)c1c(Cl)c(C)nn1C.CCC(=O)OCO/C(=C(/C#N)c1ccc(C(C)(C)C)cc1)c1c(Cl)c(C)nn1C.CCCC(=O)OCO/C(=C(/C#N)c1ccc(C(C)(C)C)cc1)c1c(Cl)c(C)nn1C.Cc1nn(C)c(/C(OCOC(=O)C(C)(C)C)=C(\C#N)c2ccc(C(C)(C)C)cc2)c1Cl.Cc1nn(C)c(/C(OCOC(=O)C(C)C)=C(\C#N)c2ccc(C(C)(C)C)cc2)c1Cl. The van der Waals surface area contributed by atoms with Gasteiger partial charge in [0.2, 0.25) is 34.0 Å². The minimum atomic E-state index is -0.672. The molecule has 5 aromatic carbocycles. The third kappa shape index (κ3) is 33.3. The third-order valence-electron chi connectivity index (χ3n) is 22.6. The van der Waals surface area contributed by atoms with Gasteiger partial charge in [-0.3, -0.25) is 47.4 Å². The highest BCUT2D eigenvalue weighted by molar-refractivity contribution is 6.35. The van der Waals surface area contributed by atoms with Crippen molar-refractivity contribution in [3.05, 3.63) is 259 Å². The lowest BCUT2D eigenvalue weighted by Crippen LogP contribution is -2.24. The average Bonchev–Trinajstić information content (AvgIpc) is 1.66. The van der Waals surface area contributed by atoms with E-state index in [0.717, 1.165) is 27.8 Å². The number of hydrogen-bond donors (Lipinski definition) is 0. The van der Waals surface area contributed by atoms with Gasteiger partial charge in [0.1, 0.15) is 86.7 Å². The molecule has 148 heavy (non-hydrogen) atoms. The predicted molar refractivity (Wildman–Crippen MR) is 578 cm³/mol. The molecule has 0 spiro atoms. The number of esters is 5. The van der Waals surface area contributed by atoms with Crippen molar-refractivity contribution in [2.75, 3.05) is 34.0 Å². The second-order valence-electron chi connectivity index (χ2n) is 41.0. The molecular formula is C113H136Cl5N15O15. The molecule has 10 rings (SSSR count). The summed E-state index contributed by atoms with van der Waals surface area (Å²) in [5.74, 6) is -1.27. The highest BCUT2D eigenvalue weighted by Gasteiger charge is 2.33. The number of nitriles is 5. The molecule has 0 aliphatic rings. The van der Waals surface area contributed by atoms with Crippen LogP contribution in [-0.2, 0) is 134 Å². The van der Waals surface area contributed by atoms with Gasteiger partial charge in [-0.25, -0.2) is 0 Å². The second-order valence-corrected chi connectivity index (χ2v) is 42.8. The van der Waals surface area contributed by atoms with Crippen LogP contribution in [0.3, 0.4) is 0 Å². The van der Waals surface area contributed by atoms with Crippen molar-refractivity contribution in [2.45, 2.75) is 240 Å². The van der Waals surface area contributed by atoms with E-state index in [0.29, 0.717) is 123 Å². The summed E-state index contributed by atoms with van der Waals surface area (Å²) < 4.78 is 62.1. The first-order chi connectivity index (χ1) is 69.0. The van der Waals surface area contributed by atoms with Gasteiger partial charge in [0.15, 0.2) is 28.8 Å². The minimum absolute atomic E-state index is 0.00777. The number of aryl methyl sites for hydroxylation is 10. The Morgan fingerprint density at radius 2 is 0.507 bits per heavy atom. The molecule has 30 nitrogen and oxygen atoms in total. The third-order valence-corrected chi connectivity index (χ3v) is 24.9. The molecule has 0 bridgehead atoms. The molecule has 5 heterocycles. The molecule has 10 aromatic rings. The first kappa shape index (κ1) is 123. The van der Waals surface area contributed by atoms with Gasteiger partial charge in [-0.1, -0.05) is 311 Å². The Bertz CT molecular complexity index is 6790. The molecule has 0 aliphatic heterocycles. The fraction of sp³-hybridized carbons (Fsp3) is 0.425. The molecule has 35 heteroatoms. The van der Waals surface area contributed by atoms with Crippen LogP contribution in [0, 0.1) is 103 Å². The van der Waals surface area contributed by atoms with Gasteiger partial charge in [-0.2, -0.15) is 51.8 Å². The molecule has 0 atom stereocenters. The molecule has 0 radical (unpaired) electrons. The number of benzene rings is 5. The van der Waals surface area contributed by atoms with E-state index in [-0.39, 0.29) is 136 Å². The quantitative estimate of drug-likeness (QED) is 0.0138. The van der Waals surface area contributed by atoms with Gasteiger partial charge in [0.05, 0.1) is 64.9 Å². The predicted octanol–water partition coefficient (Wildman–Crippen LogP) is 25.9. The van der Waals surface area contributed by atoms with Crippen LogP contribution < -0.4 is 0 Å². The lowest BCUT2D eigenvalue weighted by Gasteiger charge is -2.20. The summed E-state index contributed by atoms with van der Waals surface area (Å²) in [6, 6.07) is 49.6. The zero-order chi connectivity index (χ0) is 111. The Kier molecular flexibility index (Phi) is 44.5. The number of halogens is 5. The maximum Gasteiger partial charge on any atom is 0.314 e. The largest absolute Gasteiger partial charge is 0.454 e. The summed E-state index contributed by atoms with van der Waals surface area (Å²) in [6.07, 6.45) is 1.21. The summed E-state index contributed by atoms with van der Waals surface area (Å²) in [6.45, 7) is 52.6. The molecule has 0 saturated heterocycles. The van der Waals surface area contributed by atoms with Crippen LogP contribution >= 0.6 is 58.0 Å². The maximum atomic E-state index is 12.1. The summed E-state index contributed by atoms with van der Waals surface area (Å²) in [4.78, 5) is 58.3. The second kappa shape index (κ2) is 53.6. The molecule has 0 amide bonds. The number of rotatable bonds is 29. The van der Waals surface area contributed by atoms with Crippen LogP contribution in [0.5, 0.6) is 0 Å². The fourth-order valence-electron chi connectivity index (χ4n) is 14.1. The minimum Gasteiger partial charge on any atom is -0.454 e. The van der Waals surface area contributed by atoms with Crippen molar-refractivity contribution < 1.29 is 71.3 Å². The van der Waals surface area contributed by atoms with Gasteiger partial charge in [-0.05, 0) is 145 Å². The molecule has 0 unspecified atom stereocenters. The molecule has 5 aromatic heterocycles. The van der Waals surface area contributed by atoms with Crippen molar-refractivity contribution in [2.24, 2.45) is 46.6 Å². The number of ether oxygens (including phenoxy) is 10. The number of hydrogen-bond acceptors (Lipinski definition) is 25. The Labute approximate surface area is 895 Å². The smallest absolute Gasteiger partial charge is 0.314 e. The van der Waals surface area contributed by atoms with Crippen LogP contribution in [-0.4, -0.2) is 113 Å². The zero-order valence-electron chi connectivity index (χ0n) is 91.0. The number of carbonyl (C=O) groups is 5. The van der Waals surface area contributed by atoms with Gasteiger partial charge in [0.25, 0.3) is 0 Å². The molecule has 0 aliphatic carbocycles. The van der Waals surface area contributed by atoms with Crippen LogP contribution in [0.2, 0.25) is 25.1 Å². The van der Waals surface area contributed by atoms with E-state index >= 15 is 0 Å². The van der Waals surface area contributed by atoms with E-state index in [1.54, 1.807) is 135 Å².